The molecule has 1 unspecified atom stereocenters. The lowest BCUT2D eigenvalue weighted by atomic mass is 10.1. The van der Waals surface area contributed by atoms with Crippen LogP contribution in [0.2, 0.25) is 0 Å². The number of rotatable bonds is 6. The van der Waals surface area contributed by atoms with Gasteiger partial charge in [-0.25, -0.2) is 4.98 Å². The summed E-state index contributed by atoms with van der Waals surface area (Å²) in [4.78, 5) is 42.4. The van der Waals surface area contributed by atoms with Gasteiger partial charge in [-0.3, -0.25) is 14.4 Å². The van der Waals surface area contributed by atoms with Crippen molar-refractivity contribution in [3.05, 3.63) is 65.0 Å². The predicted molar refractivity (Wildman–Crippen MR) is 125 cm³/mol. The first-order chi connectivity index (χ1) is 15.4. The molecule has 32 heavy (non-hydrogen) atoms. The molecule has 1 saturated heterocycles. The van der Waals surface area contributed by atoms with Crippen molar-refractivity contribution in [1.82, 2.24) is 10.3 Å². The summed E-state index contributed by atoms with van der Waals surface area (Å²) in [6.07, 6.45) is 0.188. The van der Waals surface area contributed by atoms with Gasteiger partial charge in [0, 0.05) is 43.1 Å². The fourth-order valence-corrected chi connectivity index (χ4v) is 4.27. The molecule has 7 nitrogen and oxygen atoms in total. The molecule has 2 heterocycles. The lowest BCUT2D eigenvalue weighted by Crippen LogP contribution is -2.28. The number of aryl methyl sites for hydroxylation is 1. The minimum Gasteiger partial charge on any atom is -0.352 e. The Bertz CT molecular complexity index is 1140. The third kappa shape index (κ3) is 5.03. The zero-order valence-corrected chi connectivity index (χ0v) is 18.7. The van der Waals surface area contributed by atoms with Crippen LogP contribution in [0.5, 0.6) is 0 Å². The van der Waals surface area contributed by atoms with Gasteiger partial charge in [0.15, 0.2) is 5.13 Å². The first kappa shape index (κ1) is 21.7. The smallest absolute Gasteiger partial charge is 0.231 e. The molecule has 0 aliphatic carbocycles. The number of benzene rings is 2. The van der Waals surface area contributed by atoms with E-state index in [9.17, 15) is 14.4 Å². The molecule has 1 aromatic heterocycles. The number of anilines is 2. The minimum absolute atomic E-state index is 0.0480. The summed E-state index contributed by atoms with van der Waals surface area (Å²) in [5.74, 6) is -0.725. The molecule has 0 saturated carbocycles. The first-order valence-corrected chi connectivity index (χ1v) is 11.2. The monoisotopic (exact) mass is 448 g/mol. The number of amides is 3. The molecule has 0 bridgehead atoms. The second kappa shape index (κ2) is 9.32. The SMILES string of the molecule is CC(=O)NCc1ccc(-c2csc(NC(=O)C3CC(=O)N(c4ccc(C)cc4)C3)n2)cc1. The highest BCUT2D eigenvalue weighted by Gasteiger charge is 2.35. The first-order valence-electron chi connectivity index (χ1n) is 10.4. The zero-order chi connectivity index (χ0) is 22.7. The van der Waals surface area contributed by atoms with E-state index in [-0.39, 0.29) is 24.1 Å². The van der Waals surface area contributed by atoms with Gasteiger partial charge in [0.2, 0.25) is 17.7 Å². The summed E-state index contributed by atoms with van der Waals surface area (Å²) in [6.45, 7) is 4.32. The van der Waals surface area contributed by atoms with Crippen LogP contribution >= 0.6 is 11.3 Å². The van der Waals surface area contributed by atoms with Crippen LogP contribution in [-0.2, 0) is 20.9 Å². The quantitative estimate of drug-likeness (QED) is 0.601. The van der Waals surface area contributed by atoms with Gasteiger partial charge in [-0.1, -0.05) is 42.0 Å². The molecule has 3 amide bonds. The van der Waals surface area contributed by atoms with E-state index in [0.29, 0.717) is 18.2 Å². The van der Waals surface area contributed by atoms with Crippen molar-refractivity contribution in [2.24, 2.45) is 5.92 Å². The van der Waals surface area contributed by atoms with Gasteiger partial charge in [-0.05, 0) is 24.6 Å². The van der Waals surface area contributed by atoms with Crippen LogP contribution in [0.3, 0.4) is 0 Å². The highest BCUT2D eigenvalue weighted by Crippen LogP contribution is 2.28. The Morgan fingerprint density at radius 1 is 1.12 bits per heavy atom. The lowest BCUT2D eigenvalue weighted by molar-refractivity contribution is -0.122. The Hall–Kier alpha value is -3.52. The number of carbonyl (C=O) groups is 3. The number of hydrogen-bond acceptors (Lipinski definition) is 5. The highest BCUT2D eigenvalue weighted by atomic mass is 32.1. The van der Waals surface area contributed by atoms with Crippen molar-refractivity contribution in [2.45, 2.75) is 26.8 Å². The van der Waals surface area contributed by atoms with Crippen molar-refractivity contribution >= 4 is 39.9 Å². The highest BCUT2D eigenvalue weighted by molar-refractivity contribution is 7.14. The number of aromatic nitrogens is 1. The lowest BCUT2D eigenvalue weighted by Gasteiger charge is -2.16. The number of thiazole rings is 1. The second-order valence-electron chi connectivity index (χ2n) is 7.87. The third-order valence-electron chi connectivity index (χ3n) is 5.37. The summed E-state index contributed by atoms with van der Waals surface area (Å²) in [5.41, 5.74) is 4.62. The van der Waals surface area contributed by atoms with Crippen molar-refractivity contribution < 1.29 is 14.4 Å². The van der Waals surface area contributed by atoms with Crippen LogP contribution in [0.1, 0.15) is 24.5 Å². The van der Waals surface area contributed by atoms with E-state index in [1.165, 1.54) is 18.3 Å². The Kier molecular flexibility index (Phi) is 6.32. The molecule has 164 valence electrons. The Labute approximate surface area is 190 Å². The average Bonchev–Trinajstić information content (AvgIpc) is 3.40. The van der Waals surface area contributed by atoms with Crippen LogP contribution in [0, 0.1) is 12.8 Å². The maximum atomic E-state index is 12.8. The molecule has 0 radical (unpaired) electrons. The van der Waals surface area contributed by atoms with Crippen molar-refractivity contribution in [1.29, 1.82) is 0 Å². The molecular formula is C24H24N4O3S. The maximum absolute atomic E-state index is 12.8. The van der Waals surface area contributed by atoms with Gasteiger partial charge in [-0.2, -0.15) is 0 Å². The molecule has 2 aromatic carbocycles. The summed E-state index contributed by atoms with van der Waals surface area (Å²) in [7, 11) is 0. The van der Waals surface area contributed by atoms with Gasteiger partial charge in [-0.15, -0.1) is 11.3 Å². The Morgan fingerprint density at radius 3 is 2.53 bits per heavy atom. The predicted octanol–water partition coefficient (Wildman–Crippen LogP) is 3.75. The second-order valence-corrected chi connectivity index (χ2v) is 8.73. The molecule has 1 aliphatic rings. The average molecular weight is 449 g/mol. The molecule has 1 fully saturated rings. The van der Waals surface area contributed by atoms with Gasteiger partial charge >= 0.3 is 0 Å². The van der Waals surface area contributed by atoms with E-state index in [1.54, 1.807) is 4.90 Å². The van der Waals surface area contributed by atoms with E-state index in [1.807, 2.05) is 60.8 Å². The molecule has 2 N–H and O–H groups in total. The minimum atomic E-state index is -0.413. The van der Waals surface area contributed by atoms with Crippen molar-refractivity contribution in [2.75, 3.05) is 16.8 Å². The van der Waals surface area contributed by atoms with E-state index < -0.39 is 5.92 Å². The van der Waals surface area contributed by atoms with Gasteiger partial charge in [0.1, 0.15) is 0 Å². The zero-order valence-electron chi connectivity index (χ0n) is 17.9. The van der Waals surface area contributed by atoms with Crippen molar-refractivity contribution in [3.8, 4) is 11.3 Å². The van der Waals surface area contributed by atoms with E-state index in [4.69, 9.17) is 0 Å². The van der Waals surface area contributed by atoms with E-state index in [0.717, 1.165) is 28.1 Å². The molecule has 8 heteroatoms. The molecule has 1 aliphatic heterocycles. The summed E-state index contributed by atoms with van der Waals surface area (Å²) >= 11 is 1.35. The van der Waals surface area contributed by atoms with Crippen molar-refractivity contribution in [3.63, 3.8) is 0 Å². The number of nitrogens with zero attached hydrogens (tertiary/aromatic N) is 2. The van der Waals surface area contributed by atoms with Crippen LogP contribution in [0.15, 0.2) is 53.9 Å². The van der Waals surface area contributed by atoms with Gasteiger partial charge in [0.25, 0.3) is 0 Å². The molecule has 1 atom stereocenters. The largest absolute Gasteiger partial charge is 0.352 e. The normalized spacial score (nSPS) is 15.6. The topological polar surface area (TPSA) is 91.4 Å². The number of carbonyl (C=O) groups excluding carboxylic acids is 3. The van der Waals surface area contributed by atoms with Crippen LogP contribution in [0.4, 0.5) is 10.8 Å². The van der Waals surface area contributed by atoms with E-state index in [2.05, 4.69) is 15.6 Å². The van der Waals surface area contributed by atoms with E-state index >= 15 is 0 Å². The van der Waals surface area contributed by atoms with Crippen LogP contribution in [-0.4, -0.2) is 29.3 Å². The summed E-state index contributed by atoms with van der Waals surface area (Å²) in [5, 5.41) is 8.02. The van der Waals surface area contributed by atoms with Gasteiger partial charge < -0.3 is 15.5 Å². The summed E-state index contributed by atoms with van der Waals surface area (Å²) < 4.78 is 0. The standard InChI is InChI=1S/C24H24N4O3S/c1-15-3-9-20(10-4-15)28-13-19(11-22(28)30)23(31)27-24-26-21(14-32-24)18-7-5-17(6-8-18)12-25-16(2)29/h3-10,14,19H,11-13H2,1-2H3,(H,25,29)(H,26,27,31). The number of nitrogens with one attached hydrogen (secondary N) is 2. The van der Waals surface area contributed by atoms with Crippen LogP contribution < -0.4 is 15.5 Å². The fraction of sp³-hybridized carbons (Fsp3) is 0.250. The maximum Gasteiger partial charge on any atom is 0.231 e. The fourth-order valence-electron chi connectivity index (χ4n) is 3.55. The summed E-state index contributed by atoms with van der Waals surface area (Å²) in [6, 6.07) is 15.5. The Balaban J connectivity index is 1.37. The molecular weight excluding hydrogens is 424 g/mol. The Morgan fingerprint density at radius 2 is 1.84 bits per heavy atom. The van der Waals surface area contributed by atoms with Gasteiger partial charge in [0.05, 0.1) is 11.6 Å². The molecule has 3 aromatic rings. The third-order valence-corrected chi connectivity index (χ3v) is 6.12. The number of hydrogen-bond donors (Lipinski definition) is 2. The van der Waals surface area contributed by atoms with Crippen LogP contribution in [0.25, 0.3) is 11.3 Å². The molecule has 4 rings (SSSR count). The molecule has 0 spiro atoms.